The molecule has 0 spiro atoms. The second-order valence-corrected chi connectivity index (χ2v) is 5.47. The Kier molecular flexibility index (Phi) is 7.41. The Balaban J connectivity index is 2.35. The lowest BCUT2D eigenvalue weighted by Gasteiger charge is -2.04. The van der Waals surface area contributed by atoms with Crippen molar-refractivity contribution in [1.29, 1.82) is 0 Å². The molecule has 90 valence electrons. The standard InChI is InChI=1S/C15H24S/c1-3-5-7-12-16-15-11-8-10-14(13-15)9-6-4-2/h8,10-11,13H,3-7,9,12H2,1-2H3. The summed E-state index contributed by atoms with van der Waals surface area (Å²) in [5.41, 5.74) is 1.50. The number of thioether (sulfide) groups is 1. The van der Waals surface area contributed by atoms with Gasteiger partial charge in [-0.25, -0.2) is 0 Å². The minimum atomic E-state index is 1.24. The third-order valence-corrected chi connectivity index (χ3v) is 3.81. The normalized spacial score (nSPS) is 10.6. The first-order chi connectivity index (χ1) is 7.86. The zero-order chi connectivity index (χ0) is 11.6. The van der Waals surface area contributed by atoms with Crippen LogP contribution in [0.15, 0.2) is 29.2 Å². The summed E-state index contributed by atoms with van der Waals surface area (Å²) in [6.45, 7) is 4.51. The number of benzene rings is 1. The van der Waals surface area contributed by atoms with Gasteiger partial charge >= 0.3 is 0 Å². The zero-order valence-corrected chi connectivity index (χ0v) is 11.5. The van der Waals surface area contributed by atoms with Gasteiger partial charge in [0.1, 0.15) is 0 Å². The van der Waals surface area contributed by atoms with E-state index in [0.29, 0.717) is 0 Å². The lowest BCUT2D eigenvalue weighted by Crippen LogP contribution is -1.86. The lowest BCUT2D eigenvalue weighted by atomic mass is 10.1. The van der Waals surface area contributed by atoms with E-state index in [4.69, 9.17) is 0 Å². The second-order valence-electron chi connectivity index (χ2n) is 4.31. The highest BCUT2D eigenvalue weighted by Gasteiger charge is 1.97. The van der Waals surface area contributed by atoms with E-state index in [1.807, 2.05) is 11.8 Å². The Morgan fingerprint density at radius 3 is 2.56 bits per heavy atom. The van der Waals surface area contributed by atoms with E-state index >= 15 is 0 Å². The van der Waals surface area contributed by atoms with Gasteiger partial charge in [-0.2, -0.15) is 0 Å². The fourth-order valence-electron chi connectivity index (χ4n) is 1.71. The third-order valence-electron chi connectivity index (χ3n) is 2.73. The zero-order valence-electron chi connectivity index (χ0n) is 10.7. The largest absolute Gasteiger partial charge is 0.126 e. The number of rotatable bonds is 8. The maximum atomic E-state index is 2.37. The summed E-state index contributed by atoms with van der Waals surface area (Å²) in [7, 11) is 0. The van der Waals surface area contributed by atoms with Crippen LogP contribution >= 0.6 is 11.8 Å². The maximum absolute atomic E-state index is 2.37. The number of hydrogen-bond donors (Lipinski definition) is 0. The molecule has 0 aliphatic carbocycles. The van der Waals surface area contributed by atoms with Crippen LogP contribution in [-0.4, -0.2) is 5.75 Å². The van der Waals surface area contributed by atoms with Crippen molar-refractivity contribution >= 4 is 11.8 Å². The van der Waals surface area contributed by atoms with Crippen LogP contribution in [0, 0.1) is 0 Å². The summed E-state index contributed by atoms with van der Waals surface area (Å²) in [6.07, 6.45) is 7.86. The molecule has 0 saturated heterocycles. The van der Waals surface area contributed by atoms with Gasteiger partial charge in [0.2, 0.25) is 0 Å². The highest BCUT2D eigenvalue weighted by atomic mass is 32.2. The summed E-state index contributed by atoms with van der Waals surface area (Å²) in [6, 6.07) is 9.07. The molecule has 0 radical (unpaired) electrons. The predicted molar refractivity (Wildman–Crippen MR) is 75.3 cm³/mol. The first-order valence-corrected chi connectivity index (χ1v) is 7.57. The molecule has 0 heterocycles. The van der Waals surface area contributed by atoms with Crippen molar-refractivity contribution in [3.05, 3.63) is 29.8 Å². The predicted octanol–water partition coefficient (Wildman–Crippen LogP) is 5.31. The maximum Gasteiger partial charge on any atom is 0.00746 e. The van der Waals surface area contributed by atoms with E-state index in [1.54, 1.807) is 0 Å². The highest BCUT2D eigenvalue weighted by Crippen LogP contribution is 2.21. The van der Waals surface area contributed by atoms with E-state index in [0.717, 1.165) is 0 Å². The van der Waals surface area contributed by atoms with Gasteiger partial charge in [-0.05, 0) is 42.7 Å². The van der Waals surface area contributed by atoms with Crippen LogP contribution in [0.2, 0.25) is 0 Å². The van der Waals surface area contributed by atoms with E-state index in [-0.39, 0.29) is 0 Å². The van der Waals surface area contributed by atoms with Gasteiger partial charge in [-0.15, -0.1) is 11.8 Å². The average Bonchev–Trinajstić information content (AvgIpc) is 2.33. The van der Waals surface area contributed by atoms with Gasteiger partial charge < -0.3 is 0 Å². The smallest absolute Gasteiger partial charge is 0.00746 e. The molecule has 1 heteroatoms. The molecule has 0 aliphatic rings. The summed E-state index contributed by atoms with van der Waals surface area (Å²) in [4.78, 5) is 1.45. The Hall–Kier alpha value is -0.430. The van der Waals surface area contributed by atoms with Crippen LogP contribution in [0.3, 0.4) is 0 Å². The summed E-state index contributed by atoms with van der Waals surface area (Å²) < 4.78 is 0. The van der Waals surface area contributed by atoms with Gasteiger partial charge in [0, 0.05) is 4.90 Å². The molecule has 16 heavy (non-hydrogen) atoms. The van der Waals surface area contributed by atoms with Crippen molar-refractivity contribution < 1.29 is 0 Å². The monoisotopic (exact) mass is 236 g/mol. The highest BCUT2D eigenvalue weighted by molar-refractivity contribution is 7.99. The molecule has 1 rings (SSSR count). The van der Waals surface area contributed by atoms with Crippen LogP contribution in [0.1, 0.15) is 51.5 Å². The molecule has 0 amide bonds. The fourth-order valence-corrected chi connectivity index (χ4v) is 2.71. The molecule has 0 aromatic heterocycles. The number of aryl methyl sites for hydroxylation is 1. The van der Waals surface area contributed by atoms with Crippen molar-refractivity contribution in [3.63, 3.8) is 0 Å². The first kappa shape index (κ1) is 13.6. The molecule has 0 aliphatic heterocycles. The van der Waals surface area contributed by atoms with Gasteiger partial charge in [0.05, 0.1) is 0 Å². The molecule has 0 bridgehead atoms. The molecular weight excluding hydrogens is 212 g/mol. The molecule has 0 N–H and O–H groups in total. The molecule has 1 aromatic carbocycles. The minimum absolute atomic E-state index is 1.24. The topological polar surface area (TPSA) is 0 Å². The van der Waals surface area contributed by atoms with Crippen molar-refractivity contribution in [2.45, 2.75) is 57.3 Å². The summed E-state index contributed by atoms with van der Waals surface area (Å²) in [5, 5.41) is 0. The summed E-state index contributed by atoms with van der Waals surface area (Å²) in [5.74, 6) is 1.27. The van der Waals surface area contributed by atoms with E-state index < -0.39 is 0 Å². The van der Waals surface area contributed by atoms with Gasteiger partial charge in [-0.1, -0.05) is 45.2 Å². The van der Waals surface area contributed by atoms with E-state index in [2.05, 4.69) is 38.1 Å². The molecular formula is C15H24S. The minimum Gasteiger partial charge on any atom is -0.126 e. The Bertz CT molecular complexity index is 281. The fraction of sp³-hybridized carbons (Fsp3) is 0.600. The lowest BCUT2D eigenvalue weighted by molar-refractivity contribution is 0.778. The Morgan fingerprint density at radius 2 is 1.81 bits per heavy atom. The Labute approximate surface area is 105 Å². The average molecular weight is 236 g/mol. The van der Waals surface area contributed by atoms with Crippen LogP contribution in [0.4, 0.5) is 0 Å². The van der Waals surface area contributed by atoms with Crippen molar-refractivity contribution in [2.24, 2.45) is 0 Å². The van der Waals surface area contributed by atoms with Crippen LogP contribution < -0.4 is 0 Å². The second kappa shape index (κ2) is 8.69. The van der Waals surface area contributed by atoms with Gasteiger partial charge in [0.25, 0.3) is 0 Å². The third kappa shape index (κ3) is 5.60. The molecule has 0 nitrogen and oxygen atoms in total. The van der Waals surface area contributed by atoms with Crippen molar-refractivity contribution in [1.82, 2.24) is 0 Å². The van der Waals surface area contributed by atoms with E-state index in [9.17, 15) is 0 Å². The van der Waals surface area contributed by atoms with Crippen LogP contribution in [0.25, 0.3) is 0 Å². The van der Waals surface area contributed by atoms with Crippen LogP contribution in [-0.2, 0) is 6.42 Å². The number of unbranched alkanes of at least 4 members (excludes halogenated alkanes) is 3. The van der Waals surface area contributed by atoms with Crippen molar-refractivity contribution in [3.8, 4) is 0 Å². The van der Waals surface area contributed by atoms with E-state index in [1.165, 1.54) is 54.7 Å². The van der Waals surface area contributed by atoms with Crippen LogP contribution in [0.5, 0.6) is 0 Å². The molecule has 0 atom stereocenters. The van der Waals surface area contributed by atoms with Gasteiger partial charge in [0.15, 0.2) is 0 Å². The molecule has 0 unspecified atom stereocenters. The first-order valence-electron chi connectivity index (χ1n) is 6.58. The quantitative estimate of drug-likeness (QED) is 0.435. The van der Waals surface area contributed by atoms with Gasteiger partial charge in [-0.3, -0.25) is 0 Å². The van der Waals surface area contributed by atoms with Crippen molar-refractivity contribution in [2.75, 3.05) is 5.75 Å². The molecule has 1 aromatic rings. The SMILES string of the molecule is CCCCCSc1cccc(CCCC)c1. The summed E-state index contributed by atoms with van der Waals surface area (Å²) >= 11 is 2.01. The Morgan fingerprint density at radius 1 is 1.00 bits per heavy atom. The number of hydrogen-bond acceptors (Lipinski definition) is 1. The molecule has 0 fully saturated rings. The molecule has 0 saturated carbocycles.